The third-order valence-corrected chi connectivity index (χ3v) is 4.66. The van der Waals surface area contributed by atoms with Crippen LogP contribution < -0.4 is 5.73 Å². The van der Waals surface area contributed by atoms with Crippen molar-refractivity contribution < 1.29 is 9.53 Å². The Morgan fingerprint density at radius 3 is 2.73 bits per heavy atom. The Morgan fingerprint density at radius 1 is 1.32 bits per heavy atom. The van der Waals surface area contributed by atoms with Gasteiger partial charge in [0.2, 0.25) is 0 Å². The summed E-state index contributed by atoms with van der Waals surface area (Å²) in [5.74, 6) is 0.562. The lowest BCUT2D eigenvalue weighted by Gasteiger charge is -2.37. The number of hydrogen-bond donors (Lipinski definition) is 1. The molecule has 1 heterocycles. The van der Waals surface area contributed by atoms with Crippen molar-refractivity contribution in [2.75, 3.05) is 25.4 Å². The van der Waals surface area contributed by atoms with Gasteiger partial charge in [-0.05, 0) is 56.4 Å². The first-order valence-electron chi connectivity index (χ1n) is 8.37. The van der Waals surface area contributed by atoms with Gasteiger partial charge in [-0.3, -0.25) is 0 Å². The van der Waals surface area contributed by atoms with Crippen LogP contribution in [0.4, 0.5) is 5.69 Å². The largest absolute Gasteiger partial charge is 0.462 e. The Balaban J connectivity index is 1.70. The van der Waals surface area contributed by atoms with E-state index < -0.39 is 0 Å². The predicted molar refractivity (Wildman–Crippen MR) is 89.8 cm³/mol. The molecule has 2 atom stereocenters. The molecule has 1 saturated heterocycles. The molecule has 0 aliphatic carbocycles. The van der Waals surface area contributed by atoms with E-state index in [-0.39, 0.29) is 5.97 Å². The number of nitrogen functional groups attached to an aromatic ring is 1. The Labute approximate surface area is 133 Å². The van der Waals surface area contributed by atoms with Crippen LogP contribution in [0.2, 0.25) is 0 Å². The second kappa shape index (κ2) is 8.18. The van der Waals surface area contributed by atoms with Gasteiger partial charge in [0, 0.05) is 24.8 Å². The van der Waals surface area contributed by atoms with Crippen molar-refractivity contribution >= 4 is 11.7 Å². The maximum Gasteiger partial charge on any atom is 0.338 e. The van der Waals surface area contributed by atoms with Crippen molar-refractivity contribution in [1.82, 2.24) is 4.90 Å². The van der Waals surface area contributed by atoms with E-state index in [1.165, 1.54) is 25.8 Å². The molecule has 1 aromatic carbocycles. The summed E-state index contributed by atoms with van der Waals surface area (Å²) >= 11 is 0. The molecule has 1 aromatic rings. The van der Waals surface area contributed by atoms with Gasteiger partial charge >= 0.3 is 5.97 Å². The number of likely N-dealkylation sites (tertiary alicyclic amines) is 1. The number of nitrogens with zero attached hydrogens (tertiary/aromatic N) is 1. The highest BCUT2D eigenvalue weighted by Crippen LogP contribution is 2.23. The highest BCUT2D eigenvalue weighted by molar-refractivity contribution is 5.89. The number of benzene rings is 1. The molecule has 2 rings (SSSR count). The summed E-state index contributed by atoms with van der Waals surface area (Å²) in [5, 5.41) is 0. The SMILES string of the molecule is CCC1CCC(C)N(CCCOC(=O)c2ccc(N)cc2)C1. The van der Waals surface area contributed by atoms with Gasteiger partial charge in [0.1, 0.15) is 0 Å². The molecule has 22 heavy (non-hydrogen) atoms. The lowest BCUT2D eigenvalue weighted by atomic mass is 9.91. The highest BCUT2D eigenvalue weighted by Gasteiger charge is 2.23. The number of piperidine rings is 1. The van der Waals surface area contributed by atoms with Crippen LogP contribution in [-0.4, -0.2) is 36.6 Å². The van der Waals surface area contributed by atoms with Gasteiger partial charge in [-0.25, -0.2) is 4.79 Å². The van der Waals surface area contributed by atoms with Crippen LogP contribution >= 0.6 is 0 Å². The molecular formula is C18H28N2O2. The minimum atomic E-state index is -0.266. The number of anilines is 1. The molecule has 4 heteroatoms. The molecule has 4 nitrogen and oxygen atoms in total. The van der Waals surface area contributed by atoms with E-state index in [0.29, 0.717) is 23.9 Å². The van der Waals surface area contributed by atoms with E-state index in [0.717, 1.165) is 18.9 Å². The lowest BCUT2D eigenvalue weighted by molar-refractivity contribution is 0.0462. The summed E-state index contributed by atoms with van der Waals surface area (Å²) in [6.45, 7) is 7.24. The van der Waals surface area contributed by atoms with E-state index in [4.69, 9.17) is 10.5 Å². The Hall–Kier alpha value is -1.55. The molecule has 0 radical (unpaired) electrons. The smallest absolute Gasteiger partial charge is 0.338 e. The maximum absolute atomic E-state index is 11.9. The van der Waals surface area contributed by atoms with Gasteiger partial charge < -0.3 is 15.4 Å². The van der Waals surface area contributed by atoms with Gasteiger partial charge in [0.05, 0.1) is 12.2 Å². The summed E-state index contributed by atoms with van der Waals surface area (Å²) in [4.78, 5) is 14.4. The number of carbonyl (C=O) groups is 1. The summed E-state index contributed by atoms with van der Waals surface area (Å²) in [7, 11) is 0. The van der Waals surface area contributed by atoms with Crippen LogP contribution in [0.15, 0.2) is 24.3 Å². The van der Waals surface area contributed by atoms with Crippen molar-refractivity contribution in [2.24, 2.45) is 5.92 Å². The van der Waals surface area contributed by atoms with Gasteiger partial charge in [0.25, 0.3) is 0 Å². The maximum atomic E-state index is 11.9. The first-order valence-corrected chi connectivity index (χ1v) is 8.37. The molecule has 0 spiro atoms. The van der Waals surface area contributed by atoms with Crippen LogP contribution in [0.25, 0.3) is 0 Å². The minimum Gasteiger partial charge on any atom is -0.462 e. The number of hydrogen-bond acceptors (Lipinski definition) is 4. The van der Waals surface area contributed by atoms with Crippen LogP contribution in [-0.2, 0) is 4.74 Å². The zero-order valence-electron chi connectivity index (χ0n) is 13.8. The summed E-state index contributed by atoms with van der Waals surface area (Å²) in [5.41, 5.74) is 6.82. The number of esters is 1. The van der Waals surface area contributed by atoms with E-state index >= 15 is 0 Å². The number of ether oxygens (including phenoxy) is 1. The van der Waals surface area contributed by atoms with Gasteiger partial charge in [-0.15, -0.1) is 0 Å². The average Bonchev–Trinajstić information content (AvgIpc) is 2.53. The van der Waals surface area contributed by atoms with Crippen LogP contribution in [0, 0.1) is 5.92 Å². The predicted octanol–water partition coefficient (Wildman–Crippen LogP) is 3.33. The summed E-state index contributed by atoms with van der Waals surface area (Å²) in [6.07, 6.45) is 4.78. The molecule has 2 unspecified atom stereocenters. The van der Waals surface area contributed by atoms with Crippen molar-refractivity contribution in [2.45, 2.75) is 45.6 Å². The number of nitrogens with two attached hydrogens (primary N) is 1. The van der Waals surface area contributed by atoms with Crippen LogP contribution in [0.1, 0.15) is 49.9 Å². The van der Waals surface area contributed by atoms with Crippen LogP contribution in [0.3, 0.4) is 0 Å². The van der Waals surface area contributed by atoms with E-state index in [2.05, 4.69) is 18.7 Å². The number of carbonyl (C=O) groups excluding carboxylic acids is 1. The molecule has 122 valence electrons. The molecule has 1 aliphatic heterocycles. The fraction of sp³-hybridized carbons (Fsp3) is 0.611. The minimum absolute atomic E-state index is 0.266. The average molecular weight is 304 g/mol. The number of rotatable bonds is 6. The fourth-order valence-electron chi connectivity index (χ4n) is 3.04. The second-order valence-corrected chi connectivity index (χ2v) is 6.31. The first-order chi connectivity index (χ1) is 10.6. The molecular weight excluding hydrogens is 276 g/mol. The summed E-state index contributed by atoms with van der Waals surface area (Å²) in [6, 6.07) is 7.50. The molecule has 1 aliphatic rings. The lowest BCUT2D eigenvalue weighted by Crippen LogP contribution is -2.42. The standard InChI is InChI=1S/C18H28N2O2/c1-3-15-6-5-14(2)20(13-15)11-4-12-22-18(21)16-7-9-17(19)10-8-16/h7-10,14-15H,3-6,11-13,19H2,1-2H3. The Morgan fingerprint density at radius 2 is 2.05 bits per heavy atom. The van der Waals surface area contributed by atoms with Gasteiger partial charge in [0.15, 0.2) is 0 Å². The third kappa shape index (κ3) is 4.73. The van der Waals surface area contributed by atoms with E-state index in [9.17, 15) is 4.79 Å². The Bertz CT molecular complexity index is 472. The molecule has 0 aromatic heterocycles. The third-order valence-electron chi connectivity index (χ3n) is 4.66. The molecule has 1 fully saturated rings. The van der Waals surface area contributed by atoms with Gasteiger partial charge in [-0.1, -0.05) is 13.3 Å². The van der Waals surface area contributed by atoms with Crippen LogP contribution in [0.5, 0.6) is 0 Å². The van der Waals surface area contributed by atoms with Crippen molar-refractivity contribution in [1.29, 1.82) is 0 Å². The van der Waals surface area contributed by atoms with Crippen molar-refractivity contribution in [3.05, 3.63) is 29.8 Å². The molecule has 0 amide bonds. The molecule has 2 N–H and O–H groups in total. The zero-order valence-corrected chi connectivity index (χ0v) is 13.8. The second-order valence-electron chi connectivity index (χ2n) is 6.31. The topological polar surface area (TPSA) is 55.6 Å². The molecule has 0 bridgehead atoms. The Kier molecular flexibility index (Phi) is 6.25. The summed E-state index contributed by atoms with van der Waals surface area (Å²) < 4.78 is 5.34. The van der Waals surface area contributed by atoms with Gasteiger partial charge in [-0.2, -0.15) is 0 Å². The monoisotopic (exact) mass is 304 g/mol. The highest BCUT2D eigenvalue weighted by atomic mass is 16.5. The van der Waals surface area contributed by atoms with E-state index in [1.807, 2.05) is 0 Å². The van der Waals surface area contributed by atoms with Crippen molar-refractivity contribution in [3.8, 4) is 0 Å². The fourth-order valence-corrected chi connectivity index (χ4v) is 3.04. The van der Waals surface area contributed by atoms with E-state index in [1.54, 1.807) is 24.3 Å². The zero-order chi connectivity index (χ0) is 15.9. The normalized spacial score (nSPS) is 22.5. The quantitative estimate of drug-likeness (QED) is 0.497. The molecule has 0 saturated carbocycles. The van der Waals surface area contributed by atoms with Crippen molar-refractivity contribution in [3.63, 3.8) is 0 Å². The first kappa shape index (κ1) is 16.8.